The van der Waals surface area contributed by atoms with Crippen molar-refractivity contribution < 1.29 is 19.2 Å². The number of nitrogens with one attached hydrogen (secondary N) is 3. The van der Waals surface area contributed by atoms with E-state index in [9.17, 15) is 19.2 Å². The lowest BCUT2D eigenvalue weighted by atomic mass is 10.0. The van der Waals surface area contributed by atoms with Crippen molar-refractivity contribution in [1.82, 2.24) is 20.9 Å². The first kappa shape index (κ1) is 24.9. The second-order valence-corrected chi connectivity index (χ2v) is 8.59. The summed E-state index contributed by atoms with van der Waals surface area (Å²) in [6.07, 6.45) is 1.93. The fourth-order valence-electron chi connectivity index (χ4n) is 3.59. The van der Waals surface area contributed by atoms with E-state index in [1.807, 2.05) is 44.2 Å². The van der Waals surface area contributed by atoms with Gasteiger partial charge in [-0.15, -0.1) is 0 Å². The average molecular weight is 444 g/mol. The molecule has 2 rings (SSSR count). The molecule has 0 spiro atoms. The highest BCUT2D eigenvalue weighted by Gasteiger charge is 2.40. The van der Waals surface area contributed by atoms with E-state index >= 15 is 0 Å². The van der Waals surface area contributed by atoms with Crippen molar-refractivity contribution in [2.45, 2.75) is 64.7 Å². The Kier molecular flexibility index (Phi) is 8.80. The minimum absolute atomic E-state index is 0.0479. The molecule has 1 aromatic carbocycles. The lowest BCUT2D eigenvalue weighted by Gasteiger charge is -2.25. The highest BCUT2D eigenvalue weighted by atomic mass is 16.2. The van der Waals surface area contributed by atoms with Gasteiger partial charge in [0.2, 0.25) is 17.7 Å². The van der Waals surface area contributed by atoms with E-state index < -0.39 is 29.9 Å². The molecule has 0 aromatic heterocycles. The monoisotopic (exact) mass is 443 g/mol. The van der Waals surface area contributed by atoms with E-state index in [1.165, 1.54) is 11.0 Å². The summed E-state index contributed by atoms with van der Waals surface area (Å²) < 4.78 is 0. The molecule has 0 radical (unpaired) electrons. The minimum atomic E-state index is -0.915. The molecule has 5 N–H and O–H groups in total. The number of allylic oxidation sites excluding steroid dienone is 1. The molecular weight excluding hydrogens is 410 g/mol. The fraction of sp³-hybridized carbons (Fsp3) is 0.478. The van der Waals surface area contributed by atoms with E-state index in [2.05, 4.69) is 16.0 Å². The third kappa shape index (κ3) is 7.40. The highest BCUT2D eigenvalue weighted by molar-refractivity contribution is 5.95. The van der Waals surface area contributed by atoms with Gasteiger partial charge in [-0.3, -0.25) is 14.4 Å². The van der Waals surface area contributed by atoms with Gasteiger partial charge in [-0.2, -0.15) is 0 Å². The molecule has 1 aromatic rings. The third-order valence-electron chi connectivity index (χ3n) is 5.00. The second kappa shape index (κ2) is 11.3. The largest absolute Gasteiger partial charge is 0.368 e. The zero-order chi connectivity index (χ0) is 23.8. The Bertz CT molecular complexity index is 864. The summed E-state index contributed by atoms with van der Waals surface area (Å²) >= 11 is 0. The zero-order valence-electron chi connectivity index (χ0n) is 19.1. The van der Waals surface area contributed by atoms with Gasteiger partial charge in [0.1, 0.15) is 12.1 Å². The summed E-state index contributed by atoms with van der Waals surface area (Å²) in [7, 11) is 0. The third-order valence-corrected chi connectivity index (χ3v) is 5.00. The van der Waals surface area contributed by atoms with Crippen LogP contribution >= 0.6 is 0 Å². The normalized spacial score (nSPS) is 18.6. The number of amides is 5. The van der Waals surface area contributed by atoms with Gasteiger partial charge in [-0.1, -0.05) is 35.9 Å². The van der Waals surface area contributed by atoms with Crippen LogP contribution in [-0.4, -0.2) is 59.4 Å². The first-order valence-electron chi connectivity index (χ1n) is 10.7. The number of likely N-dealkylation sites (tertiary alicyclic amines) is 1. The fourth-order valence-corrected chi connectivity index (χ4v) is 3.59. The molecular formula is C23H33N5O4. The van der Waals surface area contributed by atoms with Gasteiger partial charge in [-0.05, 0) is 39.7 Å². The van der Waals surface area contributed by atoms with Gasteiger partial charge < -0.3 is 26.6 Å². The summed E-state index contributed by atoms with van der Waals surface area (Å²) in [4.78, 5) is 51.3. The first-order valence-corrected chi connectivity index (χ1v) is 10.7. The molecule has 0 aliphatic carbocycles. The van der Waals surface area contributed by atoms with Crippen molar-refractivity contribution in [3.63, 3.8) is 0 Å². The van der Waals surface area contributed by atoms with Crippen LogP contribution in [0.1, 0.15) is 39.7 Å². The molecule has 5 amide bonds. The Hall–Kier alpha value is -3.36. The molecule has 0 saturated carbocycles. The van der Waals surface area contributed by atoms with Crippen molar-refractivity contribution in [2.24, 2.45) is 5.73 Å². The van der Waals surface area contributed by atoms with Gasteiger partial charge in [0.05, 0.1) is 6.04 Å². The number of rotatable bonds is 8. The number of hydrogen-bond acceptors (Lipinski definition) is 4. The van der Waals surface area contributed by atoms with E-state index in [4.69, 9.17) is 5.73 Å². The summed E-state index contributed by atoms with van der Waals surface area (Å²) in [5.41, 5.74) is 7.17. The molecule has 1 aliphatic heterocycles. The molecule has 9 heteroatoms. The number of carbonyl (C=O) groups is 4. The van der Waals surface area contributed by atoms with Crippen LogP contribution in [0.4, 0.5) is 4.79 Å². The van der Waals surface area contributed by atoms with Crippen LogP contribution in [-0.2, 0) is 20.8 Å². The number of nitrogens with zero attached hydrogens (tertiary/aromatic N) is 1. The molecule has 0 bridgehead atoms. The van der Waals surface area contributed by atoms with Crippen molar-refractivity contribution in [3.8, 4) is 0 Å². The van der Waals surface area contributed by atoms with Gasteiger partial charge >= 0.3 is 6.03 Å². The Morgan fingerprint density at radius 2 is 1.78 bits per heavy atom. The predicted molar refractivity (Wildman–Crippen MR) is 121 cm³/mol. The molecule has 9 nitrogen and oxygen atoms in total. The molecule has 3 unspecified atom stereocenters. The van der Waals surface area contributed by atoms with Crippen molar-refractivity contribution >= 4 is 23.8 Å². The SMILES string of the molecule is CC(C)=CC(=O)N1CC(NC(=O)NC(C)C)CC1C(=O)NC(Cc1ccccc1)C(N)=O. The quantitative estimate of drug-likeness (QED) is 0.443. The summed E-state index contributed by atoms with van der Waals surface area (Å²) in [5.74, 6) is -1.46. The van der Waals surface area contributed by atoms with Crippen LogP contribution in [0.15, 0.2) is 42.0 Å². The van der Waals surface area contributed by atoms with E-state index in [0.29, 0.717) is 0 Å². The standard InChI is InChI=1S/C23H33N5O4/c1-14(2)10-20(29)28-13-17(26-23(32)25-15(3)4)12-19(28)22(31)27-18(21(24)30)11-16-8-6-5-7-9-16/h5-10,15,17-19H,11-13H2,1-4H3,(H2,24,30)(H,27,31)(H2,25,26,32). The van der Waals surface area contributed by atoms with Gasteiger partial charge in [0.25, 0.3) is 0 Å². The topological polar surface area (TPSA) is 134 Å². The Morgan fingerprint density at radius 1 is 1.12 bits per heavy atom. The number of carbonyl (C=O) groups excluding carboxylic acids is 4. The lowest BCUT2D eigenvalue weighted by molar-refractivity contribution is -0.136. The average Bonchev–Trinajstić information content (AvgIpc) is 3.11. The van der Waals surface area contributed by atoms with Gasteiger partial charge in [-0.25, -0.2) is 4.79 Å². The number of nitrogens with two attached hydrogens (primary N) is 1. The van der Waals surface area contributed by atoms with Crippen LogP contribution in [0, 0.1) is 0 Å². The van der Waals surface area contributed by atoms with Crippen LogP contribution < -0.4 is 21.7 Å². The molecule has 1 heterocycles. The molecule has 174 valence electrons. The van der Waals surface area contributed by atoms with Crippen LogP contribution in [0.3, 0.4) is 0 Å². The van der Waals surface area contributed by atoms with Crippen molar-refractivity contribution in [3.05, 3.63) is 47.5 Å². The van der Waals surface area contributed by atoms with Crippen molar-refractivity contribution in [2.75, 3.05) is 6.54 Å². The van der Waals surface area contributed by atoms with Crippen LogP contribution in [0.25, 0.3) is 0 Å². The van der Waals surface area contributed by atoms with E-state index in [1.54, 1.807) is 13.8 Å². The van der Waals surface area contributed by atoms with Gasteiger partial charge in [0, 0.05) is 25.1 Å². The first-order chi connectivity index (χ1) is 15.1. The van der Waals surface area contributed by atoms with Crippen LogP contribution in [0.2, 0.25) is 0 Å². The smallest absolute Gasteiger partial charge is 0.315 e. The van der Waals surface area contributed by atoms with E-state index in [-0.39, 0.29) is 37.4 Å². The Morgan fingerprint density at radius 3 is 2.34 bits per heavy atom. The second-order valence-electron chi connectivity index (χ2n) is 8.59. The minimum Gasteiger partial charge on any atom is -0.368 e. The molecule has 1 saturated heterocycles. The Labute approximate surface area is 188 Å². The van der Waals surface area contributed by atoms with Gasteiger partial charge in [0.15, 0.2) is 0 Å². The maximum absolute atomic E-state index is 13.1. The predicted octanol–water partition coefficient (Wildman–Crippen LogP) is 0.843. The molecule has 3 atom stereocenters. The summed E-state index contributed by atoms with van der Waals surface area (Å²) in [5, 5.41) is 8.24. The lowest BCUT2D eigenvalue weighted by Crippen LogP contribution is -2.52. The zero-order valence-corrected chi connectivity index (χ0v) is 19.1. The number of urea groups is 1. The number of primary amides is 1. The number of hydrogen-bond donors (Lipinski definition) is 4. The summed E-state index contributed by atoms with van der Waals surface area (Å²) in [6.45, 7) is 7.44. The Balaban J connectivity index is 2.15. The molecule has 1 aliphatic rings. The molecule has 32 heavy (non-hydrogen) atoms. The number of benzene rings is 1. The summed E-state index contributed by atoms with van der Waals surface area (Å²) in [6, 6.07) is 6.66. The van der Waals surface area contributed by atoms with Crippen molar-refractivity contribution in [1.29, 1.82) is 0 Å². The molecule has 1 fully saturated rings. The maximum Gasteiger partial charge on any atom is 0.315 e. The highest BCUT2D eigenvalue weighted by Crippen LogP contribution is 2.20. The maximum atomic E-state index is 13.1. The van der Waals surface area contributed by atoms with E-state index in [0.717, 1.165) is 11.1 Å². The van der Waals surface area contributed by atoms with Crippen LogP contribution in [0.5, 0.6) is 0 Å².